The standard InChI is InChI=1S/C12H20N4S/c13-7-12(5-1-2-6-12)8-14-11-15-10(16-17-11)9-3-4-9/h9H,1-8,13H2,(H,14,15,16). The van der Waals surface area contributed by atoms with Gasteiger partial charge in [-0.2, -0.15) is 4.37 Å². The monoisotopic (exact) mass is 252 g/mol. The zero-order chi connectivity index (χ0) is 11.7. The number of hydrogen-bond donors (Lipinski definition) is 2. The smallest absolute Gasteiger partial charge is 0.202 e. The van der Waals surface area contributed by atoms with E-state index in [1.54, 1.807) is 0 Å². The molecule has 0 radical (unpaired) electrons. The van der Waals surface area contributed by atoms with Gasteiger partial charge in [0.05, 0.1) is 0 Å². The third-order valence-electron chi connectivity index (χ3n) is 4.10. The van der Waals surface area contributed by atoms with Crippen LogP contribution in [0.15, 0.2) is 0 Å². The summed E-state index contributed by atoms with van der Waals surface area (Å²) in [6.45, 7) is 1.75. The number of hydrogen-bond acceptors (Lipinski definition) is 5. The molecule has 2 aliphatic carbocycles. The molecule has 0 aromatic carbocycles. The fraction of sp³-hybridized carbons (Fsp3) is 0.833. The second kappa shape index (κ2) is 4.53. The Morgan fingerprint density at radius 1 is 1.35 bits per heavy atom. The Hall–Kier alpha value is -0.680. The summed E-state index contributed by atoms with van der Waals surface area (Å²) >= 11 is 1.50. The largest absolute Gasteiger partial charge is 0.360 e. The van der Waals surface area contributed by atoms with Gasteiger partial charge in [0.1, 0.15) is 5.82 Å². The van der Waals surface area contributed by atoms with Crippen LogP contribution in [-0.2, 0) is 0 Å². The van der Waals surface area contributed by atoms with E-state index in [0.717, 1.165) is 24.0 Å². The summed E-state index contributed by atoms with van der Waals surface area (Å²) in [5.41, 5.74) is 6.23. The highest BCUT2D eigenvalue weighted by Crippen LogP contribution is 2.40. The topological polar surface area (TPSA) is 63.8 Å². The van der Waals surface area contributed by atoms with Crippen molar-refractivity contribution in [1.29, 1.82) is 0 Å². The number of rotatable bonds is 5. The number of aromatic nitrogens is 2. The Bertz CT molecular complexity index is 380. The molecule has 1 heterocycles. The van der Waals surface area contributed by atoms with Gasteiger partial charge in [-0.15, -0.1) is 0 Å². The maximum absolute atomic E-state index is 5.92. The summed E-state index contributed by atoms with van der Waals surface area (Å²) in [6.07, 6.45) is 7.69. The molecule has 3 rings (SSSR count). The second-order valence-corrected chi connectivity index (χ2v) is 6.25. The molecule has 5 heteroatoms. The van der Waals surface area contributed by atoms with Crippen molar-refractivity contribution in [2.24, 2.45) is 11.1 Å². The molecule has 4 nitrogen and oxygen atoms in total. The summed E-state index contributed by atoms with van der Waals surface area (Å²) in [4.78, 5) is 4.55. The van der Waals surface area contributed by atoms with Crippen molar-refractivity contribution >= 4 is 16.7 Å². The van der Waals surface area contributed by atoms with Crippen LogP contribution in [0.1, 0.15) is 50.3 Å². The summed E-state index contributed by atoms with van der Waals surface area (Å²) in [5, 5.41) is 4.42. The lowest BCUT2D eigenvalue weighted by Crippen LogP contribution is -2.34. The van der Waals surface area contributed by atoms with E-state index in [9.17, 15) is 0 Å². The van der Waals surface area contributed by atoms with Gasteiger partial charge >= 0.3 is 0 Å². The van der Waals surface area contributed by atoms with E-state index in [2.05, 4.69) is 14.7 Å². The predicted molar refractivity (Wildman–Crippen MR) is 70.3 cm³/mol. The van der Waals surface area contributed by atoms with E-state index >= 15 is 0 Å². The van der Waals surface area contributed by atoms with Gasteiger partial charge < -0.3 is 11.1 Å². The molecule has 0 bridgehead atoms. The molecule has 1 aromatic rings. The minimum atomic E-state index is 0.311. The highest BCUT2D eigenvalue weighted by atomic mass is 32.1. The van der Waals surface area contributed by atoms with Crippen LogP contribution in [0.2, 0.25) is 0 Å². The lowest BCUT2D eigenvalue weighted by atomic mass is 9.86. The van der Waals surface area contributed by atoms with Gasteiger partial charge in [-0.05, 0) is 37.6 Å². The van der Waals surface area contributed by atoms with Crippen LogP contribution in [0.4, 0.5) is 5.13 Å². The van der Waals surface area contributed by atoms with E-state index in [4.69, 9.17) is 5.73 Å². The molecule has 1 aromatic heterocycles. The number of anilines is 1. The van der Waals surface area contributed by atoms with E-state index in [1.807, 2.05) is 0 Å². The van der Waals surface area contributed by atoms with Crippen LogP contribution in [0.25, 0.3) is 0 Å². The Labute approximate surface area is 106 Å². The van der Waals surface area contributed by atoms with E-state index in [1.165, 1.54) is 50.1 Å². The van der Waals surface area contributed by atoms with Crippen LogP contribution >= 0.6 is 11.5 Å². The summed E-state index contributed by atoms with van der Waals surface area (Å²) in [5.74, 6) is 1.70. The van der Waals surface area contributed by atoms with Gasteiger partial charge in [-0.3, -0.25) is 0 Å². The third-order valence-corrected chi connectivity index (χ3v) is 4.78. The summed E-state index contributed by atoms with van der Waals surface area (Å²) in [6, 6.07) is 0. The van der Waals surface area contributed by atoms with Crippen LogP contribution < -0.4 is 11.1 Å². The van der Waals surface area contributed by atoms with Crippen molar-refractivity contribution in [1.82, 2.24) is 9.36 Å². The normalized spacial score (nSPS) is 22.9. The first-order valence-corrected chi connectivity index (χ1v) is 7.36. The molecule has 0 spiro atoms. The van der Waals surface area contributed by atoms with Crippen LogP contribution in [-0.4, -0.2) is 22.4 Å². The molecule has 0 amide bonds. The first kappa shape index (κ1) is 11.4. The molecule has 2 aliphatic rings. The number of nitrogens with zero attached hydrogens (tertiary/aromatic N) is 2. The fourth-order valence-electron chi connectivity index (χ4n) is 2.66. The van der Waals surface area contributed by atoms with Crippen molar-refractivity contribution in [2.45, 2.75) is 44.4 Å². The average Bonchev–Trinajstić information content (AvgIpc) is 2.94. The lowest BCUT2D eigenvalue weighted by molar-refractivity contribution is 0.332. The number of nitrogens with two attached hydrogens (primary N) is 1. The Morgan fingerprint density at radius 2 is 2.12 bits per heavy atom. The van der Waals surface area contributed by atoms with Gasteiger partial charge in [0.15, 0.2) is 0 Å². The van der Waals surface area contributed by atoms with Crippen molar-refractivity contribution in [3.05, 3.63) is 5.82 Å². The molecule has 0 saturated heterocycles. The predicted octanol–water partition coefficient (Wildman–Crippen LogP) is 2.35. The molecule has 0 unspecified atom stereocenters. The van der Waals surface area contributed by atoms with E-state index in [-0.39, 0.29) is 0 Å². The highest BCUT2D eigenvalue weighted by molar-refractivity contribution is 7.09. The first-order chi connectivity index (χ1) is 8.31. The number of nitrogens with one attached hydrogen (secondary N) is 1. The molecule has 0 aliphatic heterocycles. The maximum Gasteiger partial charge on any atom is 0.202 e. The maximum atomic E-state index is 5.92. The van der Waals surface area contributed by atoms with Crippen LogP contribution in [0.5, 0.6) is 0 Å². The Balaban J connectivity index is 1.58. The van der Waals surface area contributed by atoms with Gasteiger partial charge in [-0.1, -0.05) is 12.8 Å². The molecular formula is C12H20N4S. The zero-order valence-corrected chi connectivity index (χ0v) is 10.9. The van der Waals surface area contributed by atoms with Crippen molar-refractivity contribution < 1.29 is 0 Å². The second-order valence-electron chi connectivity index (χ2n) is 5.50. The highest BCUT2D eigenvalue weighted by Gasteiger charge is 2.33. The molecule has 17 heavy (non-hydrogen) atoms. The van der Waals surface area contributed by atoms with Gasteiger partial charge in [0.25, 0.3) is 0 Å². The van der Waals surface area contributed by atoms with Crippen molar-refractivity contribution in [3.8, 4) is 0 Å². The molecular weight excluding hydrogens is 232 g/mol. The Kier molecular flexibility index (Phi) is 3.04. The van der Waals surface area contributed by atoms with E-state index < -0.39 is 0 Å². The van der Waals surface area contributed by atoms with Gasteiger partial charge in [0, 0.05) is 24.0 Å². The van der Waals surface area contributed by atoms with Crippen molar-refractivity contribution in [2.75, 3.05) is 18.4 Å². The fourth-order valence-corrected chi connectivity index (χ4v) is 3.30. The summed E-state index contributed by atoms with van der Waals surface area (Å²) < 4.78 is 4.41. The van der Waals surface area contributed by atoms with Gasteiger partial charge in [-0.25, -0.2) is 4.98 Å². The first-order valence-electron chi connectivity index (χ1n) is 6.59. The Morgan fingerprint density at radius 3 is 2.76 bits per heavy atom. The van der Waals surface area contributed by atoms with Gasteiger partial charge in [0.2, 0.25) is 5.13 Å². The quantitative estimate of drug-likeness (QED) is 0.844. The van der Waals surface area contributed by atoms with Crippen molar-refractivity contribution in [3.63, 3.8) is 0 Å². The minimum Gasteiger partial charge on any atom is -0.360 e. The molecule has 0 atom stereocenters. The van der Waals surface area contributed by atoms with E-state index in [0.29, 0.717) is 11.3 Å². The van der Waals surface area contributed by atoms with Crippen LogP contribution in [0.3, 0.4) is 0 Å². The lowest BCUT2D eigenvalue weighted by Gasteiger charge is -2.26. The third kappa shape index (κ3) is 2.45. The molecule has 2 fully saturated rings. The molecule has 3 N–H and O–H groups in total. The average molecular weight is 252 g/mol. The molecule has 94 valence electrons. The molecule has 2 saturated carbocycles. The summed E-state index contributed by atoms with van der Waals surface area (Å²) in [7, 11) is 0. The minimum absolute atomic E-state index is 0.311. The zero-order valence-electron chi connectivity index (χ0n) is 10.1. The SMILES string of the molecule is NCC1(CNc2nc(C3CC3)ns2)CCCC1. The van der Waals surface area contributed by atoms with Crippen LogP contribution in [0, 0.1) is 5.41 Å².